The van der Waals surface area contributed by atoms with E-state index in [1.165, 1.54) is 11.1 Å². The predicted octanol–water partition coefficient (Wildman–Crippen LogP) is 5.06. The summed E-state index contributed by atoms with van der Waals surface area (Å²) in [4.78, 5) is 0. The molecule has 0 heterocycles. The molecule has 0 atom stereocenters. The Morgan fingerprint density at radius 1 is 1.18 bits per heavy atom. The Balaban J connectivity index is 2.59. The summed E-state index contributed by atoms with van der Waals surface area (Å²) in [5, 5.41) is 0. The van der Waals surface area contributed by atoms with Crippen LogP contribution >= 0.6 is 0 Å². The molecule has 1 aliphatic carbocycles. The second kappa shape index (κ2) is 8.35. The highest BCUT2D eigenvalue weighted by molar-refractivity contribution is 5.32. The summed E-state index contributed by atoms with van der Waals surface area (Å²) in [5.41, 5.74) is 2.67. The lowest BCUT2D eigenvalue weighted by atomic mass is 10.0. The van der Waals surface area contributed by atoms with E-state index in [1.54, 1.807) is 0 Å². The maximum atomic E-state index is 3.75. The normalized spacial score (nSPS) is 24.5. The van der Waals surface area contributed by atoms with Crippen LogP contribution in [0.15, 0.2) is 84.6 Å². The van der Waals surface area contributed by atoms with E-state index in [9.17, 15) is 0 Å². The van der Waals surface area contributed by atoms with Gasteiger partial charge in [-0.1, -0.05) is 73.4 Å². The third-order valence-electron chi connectivity index (χ3n) is 2.48. The Labute approximate surface area is 105 Å². The molecule has 0 radical (unpaired) electrons. The highest BCUT2D eigenvalue weighted by atomic mass is 14.0. The Morgan fingerprint density at radius 2 is 1.94 bits per heavy atom. The van der Waals surface area contributed by atoms with E-state index in [1.807, 2.05) is 19.1 Å². The summed E-state index contributed by atoms with van der Waals surface area (Å²) in [7, 11) is 0. The van der Waals surface area contributed by atoms with E-state index in [2.05, 4.69) is 61.3 Å². The monoisotopic (exact) mass is 224 g/mol. The molecule has 0 bridgehead atoms. The Morgan fingerprint density at radius 3 is 2.71 bits per heavy atom. The van der Waals surface area contributed by atoms with Gasteiger partial charge in [-0.05, 0) is 30.9 Å². The van der Waals surface area contributed by atoms with Gasteiger partial charge in [-0.15, -0.1) is 0 Å². The minimum Gasteiger partial charge on any atom is -0.0991 e. The molecule has 0 nitrogen and oxygen atoms in total. The van der Waals surface area contributed by atoms with E-state index in [4.69, 9.17) is 0 Å². The molecule has 0 saturated heterocycles. The quantitative estimate of drug-likeness (QED) is 0.572. The first-order valence-corrected chi connectivity index (χ1v) is 6.01. The highest BCUT2D eigenvalue weighted by Crippen LogP contribution is 2.15. The van der Waals surface area contributed by atoms with Gasteiger partial charge in [-0.3, -0.25) is 0 Å². The topological polar surface area (TPSA) is 0 Å². The van der Waals surface area contributed by atoms with Gasteiger partial charge in [0.15, 0.2) is 0 Å². The minimum atomic E-state index is 1.05. The molecule has 0 aromatic carbocycles. The van der Waals surface area contributed by atoms with Gasteiger partial charge in [0.05, 0.1) is 0 Å². The molecule has 0 spiro atoms. The van der Waals surface area contributed by atoms with E-state index in [0.717, 1.165) is 12.8 Å². The first kappa shape index (κ1) is 13.2. The zero-order valence-electron chi connectivity index (χ0n) is 10.5. The predicted molar refractivity (Wildman–Crippen MR) is 77.8 cm³/mol. The third-order valence-corrected chi connectivity index (χ3v) is 2.48. The Bertz CT molecular complexity index is 409. The lowest BCUT2D eigenvalue weighted by Gasteiger charge is -2.03. The molecule has 0 saturated carbocycles. The van der Waals surface area contributed by atoms with Crippen molar-refractivity contribution in [3.05, 3.63) is 84.6 Å². The summed E-state index contributed by atoms with van der Waals surface area (Å²) in [6, 6.07) is 0. The van der Waals surface area contributed by atoms with Gasteiger partial charge >= 0.3 is 0 Å². The van der Waals surface area contributed by atoms with Gasteiger partial charge < -0.3 is 0 Å². The molecule has 1 rings (SSSR count). The molecule has 0 unspecified atom stereocenters. The maximum absolute atomic E-state index is 3.75. The van der Waals surface area contributed by atoms with Crippen molar-refractivity contribution < 1.29 is 0 Å². The molecule has 0 aromatic heterocycles. The van der Waals surface area contributed by atoms with Crippen LogP contribution in [-0.4, -0.2) is 0 Å². The summed E-state index contributed by atoms with van der Waals surface area (Å²) >= 11 is 0. The average Bonchev–Trinajstić information content (AvgIpc) is 2.28. The lowest BCUT2D eigenvalue weighted by Crippen LogP contribution is -1.84. The van der Waals surface area contributed by atoms with Crippen molar-refractivity contribution >= 4 is 0 Å². The van der Waals surface area contributed by atoms with Crippen molar-refractivity contribution in [2.24, 2.45) is 0 Å². The van der Waals surface area contributed by atoms with Crippen molar-refractivity contribution in [3.63, 3.8) is 0 Å². The van der Waals surface area contributed by atoms with E-state index in [0.29, 0.717) is 0 Å². The van der Waals surface area contributed by atoms with Crippen LogP contribution in [0.4, 0.5) is 0 Å². The van der Waals surface area contributed by atoms with E-state index in [-0.39, 0.29) is 0 Å². The molecule has 0 amide bonds. The molecule has 0 aliphatic heterocycles. The first-order valence-electron chi connectivity index (χ1n) is 6.01. The van der Waals surface area contributed by atoms with E-state index < -0.39 is 0 Å². The van der Waals surface area contributed by atoms with Crippen LogP contribution in [0.25, 0.3) is 0 Å². The van der Waals surface area contributed by atoms with Gasteiger partial charge in [-0.25, -0.2) is 0 Å². The van der Waals surface area contributed by atoms with Crippen LogP contribution in [0.5, 0.6) is 0 Å². The number of hydrogen-bond donors (Lipinski definition) is 0. The van der Waals surface area contributed by atoms with E-state index >= 15 is 0 Å². The Kier molecular flexibility index (Phi) is 6.50. The largest absolute Gasteiger partial charge is 0.0991 e. The third kappa shape index (κ3) is 5.72. The average molecular weight is 224 g/mol. The standard InChI is InChI=1S/C17H20/c1-3-10-16(11-4-2)14-15-17-12-8-6-5-7-9-13-17/h3-13H,1,14-15H2,2H3/b6-5-,7-5?,8-6?,9-7-,11-4+,12-8-,13-9?,16-10+,17-12?,17-13+. The zero-order valence-corrected chi connectivity index (χ0v) is 10.5. The van der Waals surface area contributed by atoms with Crippen LogP contribution in [0.1, 0.15) is 19.8 Å². The van der Waals surface area contributed by atoms with Gasteiger partial charge in [0.2, 0.25) is 0 Å². The summed E-state index contributed by atoms with van der Waals surface area (Å²) in [6.07, 6.45) is 24.9. The lowest BCUT2D eigenvalue weighted by molar-refractivity contribution is 0.969. The maximum Gasteiger partial charge on any atom is -0.0238 e. The molecular weight excluding hydrogens is 204 g/mol. The molecular formula is C17H20. The highest BCUT2D eigenvalue weighted by Gasteiger charge is 1.95. The second-order valence-corrected chi connectivity index (χ2v) is 3.85. The molecule has 0 N–H and O–H groups in total. The van der Waals surface area contributed by atoms with Crippen molar-refractivity contribution in [3.8, 4) is 0 Å². The summed E-state index contributed by atoms with van der Waals surface area (Å²) in [6.45, 7) is 5.79. The molecule has 1 aliphatic rings. The number of hydrogen-bond acceptors (Lipinski definition) is 0. The fraction of sp³-hybridized carbons (Fsp3) is 0.176. The zero-order chi connectivity index (χ0) is 12.3. The van der Waals surface area contributed by atoms with Crippen molar-refractivity contribution in [2.45, 2.75) is 19.8 Å². The molecule has 17 heavy (non-hydrogen) atoms. The summed E-state index contributed by atoms with van der Waals surface area (Å²) < 4.78 is 0. The van der Waals surface area contributed by atoms with Crippen molar-refractivity contribution in [1.82, 2.24) is 0 Å². The number of rotatable bonds is 5. The second-order valence-electron chi connectivity index (χ2n) is 3.85. The van der Waals surface area contributed by atoms with Gasteiger partial charge in [0.25, 0.3) is 0 Å². The first-order chi connectivity index (χ1) is 8.36. The van der Waals surface area contributed by atoms with Crippen LogP contribution < -0.4 is 0 Å². The van der Waals surface area contributed by atoms with Crippen LogP contribution in [0.2, 0.25) is 0 Å². The van der Waals surface area contributed by atoms with Crippen LogP contribution in [0, 0.1) is 0 Å². The fourth-order valence-electron chi connectivity index (χ4n) is 1.65. The fourth-order valence-corrected chi connectivity index (χ4v) is 1.65. The molecule has 0 fully saturated rings. The smallest absolute Gasteiger partial charge is 0.0238 e. The summed E-state index contributed by atoms with van der Waals surface area (Å²) in [5.74, 6) is 0. The van der Waals surface area contributed by atoms with Gasteiger partial charge in [-0.2, -0.15) is 0 Å². The molecule has 0 aromatic rings. The van der Waals surface area contributed by atoms with Gasteiger partial charge in [0.1, 0.15) is 0 Å². The number of allylic oxidation sites excluding steroid dienone is 13. The molecule has 88 valence electrons. The Hall–Kier alpha value is -1.82. The van der Waals surface area contributed by atoms with Gasteiger partial charge in [0, 0.05) is 0 Å². The van der Waals surface area contributed by atoms with Crippen LogP contribution in [-0.2, 0) is 0 Å². The van der Waals surface area contributed by atoms with Crippen LogP contribution in [0.3, 0.4) is 0 Å². The SMILES string of the molecule is C=C/C=C(\C=C\C)CCC1=C/C=C\C=C/C=C\1. The minimum absolute atomic E-state index is 1.05. The van der Waals surface area contributed by atoms with Crippen molar-refractivity contribution in [1.29, 1.82) is 0 Å². The molecule has 0 heteroatoms. The van der Waals surface area contributed by atoms with Crippen molar-refractivity contribution in [2.75, 3.05) is 0 Å².